The largest absolute Gasteiger partial charge is 0.351 e. The topological polar surface area (TPSA) is 72.9 Å². The number of aromatic nitrogens is 2. The summed E-state index contributed by atoms with van der Waals surface area (Å²) in [6, 6.07) is 20.1. The summed E-state index contributed by atoms with van der Waals surface area (Å²) < 4.78 is 2.03. The lowest BCUT2D eigenvalue weighted by atomic mass is 10.0. The van der Waals surface area contributed by atoms with Crippen molar-refractivity contribution in [2.24, 2.45) is 11.7 Å². The van der Waals surface area contributed by atoms with Crippen molar-refractivity contribution < 1.29 is 4.79 Å². The number of benzene rings is 2. The van der Waals surface area contributed by atoms with Gasteiger partial charge in [0, 0.05) is 25.2 Å². The summed E-state index contributed by atoms with van der Waals surface area (Å²) >= 11 is 0. The highest BCUT2D eigenvalue weighted by atomic mass is 16.2. The molecule has 1 aliphatic carbocycles. The predicted molar refractivity (Wildman–Crippen MR) is 114 cm³/mol. The SMILES string of the molecule is N[C@@H](Cc1cn(Cc2ccccc2)cn1)C(=O)NC(Cc1ccccc1)C1CC1. The molecule has 0 spiro atoms. The molecule has 3 aromatic rings. The highest BCUT2D eigenvalue weighted by Crippen LogP contribution is 2.34. The van der Waals surface area contributed by atoms with Gasteiger partial charge in [-0.3, -0.25) is 4.79 Å². The zero-order valence-electron chi connectivity index (χ0n) is 16.6. The summed E-state index contributed by atoms with van der Waals surface area (Å²) in [4.78, 5) is 17.1. The molecule has 1 aliphatic rings. The number of imidazole rings is 1. The van der Waals surface area contributed by atoms with Crippen LogP contribution in [-0.4, -0.2) is 27.5 Å². The zero-order valence-corrected chi connectivity index (χ0v) is 16.6. The molecule has 1 amide bonds. The van der Waals surface area contributed by atoms with Crippen LogP contribution < -0.4 is 11.1 Å². The molecule has 1 saturated carbocycles. The van der Waals surface area contributed by atoms with Crippen LogP contribution in [0.25, 0.3) is 0 Å². The van der Waals surface area contributed by atoms with Crippen LogP contribution >= 0.6 is 0 Å². The molecule has 1 unspecified atom stereocenters. The van der Waals surface area contributed by atoms with Gasteiger partial charge in [0.2, 0.25) is 5.91 Å². The fraction of sp³-hybridized carbons (Fsp3) is 0.333. The molecule has 5 nitrogen and oxygen atoms in total. The molecule has 0 saturated heterocycles. The van der Waals surface area contributed by atoms with Gasteiger partial charge in [0.1, 0.15) is 0 Å². The first-order valence-corrected chi connectivity index (χ1v) is 10.3. The maximum absolute atomic E-state index is 12.7. The van der Waals surface area contributed by atoms with Crippen molar-refractivity contribution in [1.82, 2.24) is 14.9 Å². The summed E-state index contributed by atoms with van der Waals surface area (Å²) in [5, 5.41) is 3.20. The van der Waals surface area contributed by atoms with Crippen LogP contribution in [0, 0.1) is 5.92 Å². The van der Waals surface area contributed by atoms with E-state index in [2.05, 4.69) is 34.6 Å². The van der Waals surface area contributed by atoms with Crippen molar-refractivity contribution in [2.75, 3.05) is 0 Å². The molecule has 0 bridgehead atoms. The van der Waals surface area contributed by atoms with Crippen LogP contribution in [0.4, 0.5) is 0 Å². The summed E-state index contributed by atoms with van der Waals surface area (Å²) in [7, 11) is 0. The molecule has 3 N–H and O–H groups in total. The van der Waals surface area contributed by atoms with Crippen LogP contribution in [0.1, 0.15) is 29.7 Å². The van der Waals surface area contributed by atoms with Crippen molar-refractivity contribution in [2.45, 2.75) is 44.3 Å². The van der Waals surface area contributed by atoms with E-state index >= 15 is 0 Å². The molecule has 150 valence electrons. The molecule has 0 radical (unpaired) electrons. The van der Waals surface area contributed by atoms with Gasteiger partial charge < -0.3 is 15.6 Å². The van der Waals surface area contributed by atoms with Crippen LogP contribution in [0.5, 0.6) is 0 Å². The standard InChI is InChI=1S/C24H28N4O/c25-22(14-21-16-28(17-26-21)15-19-9-5-2-6-10-19)24(29)27-23(20-11-12-20)13-18-7-3-1-4-8-18/h1-10,16-17,20,22-23H,11-15,25H2,(H,27,29)/t22-,23?/m0/s1. The molecule has 29 heavy (non-hydrogen) atoms. The third-order valence-corrected chi connectivity index (χ3v) is 5.48. The average molecular weight is 389 g/mol. The summed E-state index contributed by atoms with van der Waals surface area (Å²) in [5.74, 6) is 0.479. The molecular weight excluding hydrogens is 360 g/mol. The number of nitrogens with one attached hydrogen (secondary N) is 1. The molecule has 2 aromatic carbocycles. The smallest absolute Gasteiger partial charge is 0.237 e. The number of hydrogen-bond acceptors (Lipinski definition) is 3. The fourth-order valence-corrected chi connectivity index (χ4v) is 3.70. The van der Waals surface area contributed by atoms with E-state index in [0.29, 0.717) is 12.3 Å². The summed E-state index contributed by atoms with van der Waals surface area (Å²) in [5.41, 5.74) is 9.52. The summed E-state index contributed by atoms with van der Waals surface area (Å²) in [6.07, 6.45) is 7.43. The van der Waals surface area contributed by atoms with Gasteiger partial charge in [0.05, 0.1) is 18.1 Å². The lowest BCUT2D eigenvalue weighted by Gasteiger charge is -2.21. The Labute approximate surface area is 172 Å². The first-order chi connectivity index (χ1) is 14.2. The van der Waals surface area contributed by atoms with Crippen molar-refractivity contribution in [3.63, 3.8) is 0 Å². The second kappa shape index (κ2) is 9.05. The van der Waals surface area contributed by atoms with Gasteiger partial charge in [-0.25, -0.2) is 4.98 Å². The molecule has 1 heterocycles. The Balaban J connectivity index is 1.32. The Morgan fingerprint density at radius 1 is 1.03 bits per heavy atom. The van der Waals surface area contributed by atoms with Gasteiger partial charge in [-0.1, -0.05) is 60.7 Å². The van der Waals surface area contributed by atoms with Gasteiger partial charge in [0.15, 0.2) is 0 Å². The Bertz CT molecular complexity index is 918. The minimum absolute atomic E-state index is 0.0876. The molecule has 4 rings (SSSR count). The van der Waals surface area contributed by atoms with Gasteiger partial charge in [-0.05, 0) is 36.3 Å². The molecular formula is C24H28N4O. The van der Waals surface area contributed by atoms with E-state index in [1.807, 2.05) is 47.2 Å². The number of carbonyl (C=O) groups is 1. The van der Waals surface area contributed by atoms with Gasteiger partial charge in [-0.15, -0.1) is 0 Å². The van der Waals surface area contributed by atoms with E-state index in [9.17, 15) is 4.79 Å². The minimum atomic E-state index is -0.591. The van der Waals surface area contributed by atoms with Gasteiger partial charge >= 0.3 is 0 Å². The molecule has 2 atom stereocenters. The quantitative estimate of drug-likeness (QED) is 0.592. The second-order valence-corrected chi connectivity index (χ2v) is 7.98. The maximum atomic E-state index is 12.7. The molecule has 5 heteroatoms. The zero-order chi connectivity index (χ0) is 20.1. The monoisotopic (exact) mass is 388 g/mol. The Morgan fingerprint density at radius 3 is 2.34 bits per heavy atom. The number of carbonyl (C=O) groups excluding carboxylic acids is 1. The number of hydrogen-bond donors (Lipinski definition) is 2. The number of nitrogens with two attached hydrogens (primary N) is 1. The first-order valence-electron chi connectivity index (χ1n) is 10.3. The van der Waals surface area contributed by atoms with E-state index in [0.717, 1.165) is 18.7 Å². The van der Waals surface area contributed by atoms with E-state index in [4.69, 9.17) is 5.73 Å². The van der Waals surface area contributed by atoms with Crippen molar-refractivity contribution >= 4 is 5.91 Å². The lowest BCUT2D eigenvalue weighted by Crippen LogP contribution is -2.48. The Hall–Kier alpha value is -2.92. The molecule has 1 fully saturated rings. The van der Waals surface area contributed by atoms with Crippen molar-refractivity contribution in [1.29, 1.82) is 0 Å². The predicted octanol–water partition coefficient (Wildman–Crippen LogP) is 2.94. The van der Waals surface area contributed by atoms with Crippen molar-refractivity contribution in [3.05, 3.63) is 90.0 Å². The third kappa shape index (κ3) is 5.55. The van der Waals surface area contributed by atoms with Crippen LogP contribution in [0.3, 0.4) is 0 Å². The lowest BCUT2D eigenvalue weighted by molar-refractivity contribution is -0.123. The maximum Gasteiger partial charge on any atom is 0.237 e. The Morgan fingerprint density at radius 2 is 1.69 bits per heavy atom. The van der Waals surface area contributed by atoms with Gasteiger partial charge in [-0.2, -0.15) is 0 Å². The Kier molecular flexibility index (Phi) is 6.06. The average Bonchev–Trinajstić information content (AvgIpc) is 3.50. The fourth-order valence-electron chi connectivity index (χ4n) is 3.70. The second-order valence-electron chi connectivity index (χ2n) is 7.98. The normalized spacial score (nSPS) is 15.6. The highest BCUT2D eigenvalue weighted by molar-refractivity contribution is 5.82. The summed E-state index contributed by atoms with van der Waals surface area (Å²) in [6.45, 7) is 0.760. The van der Waals surface area contributed by atoms with Crippen LogP contribution in [0.15, 0.2) is 73.2 Å². The van der Waals surface area contributed by atoms with E-state index in [1.54, 1.807) is 6.33 Å². The molecule has 1 aromatic heterocycles. The van der Waals surface area contributed by atoms with Crippen LogP contribution in [-0.2, 0) is 24.2 Å². The van der Waals surface area contributed by atoms with E-state index in [1.165, 1.54) is 24.0 Å². The third-order valence-electron chi connectivity index (χ3n) is 5.48. The number of rotatable bonds is 9. The highest BCUT2D eigenvalue weighted by Gasteiger charge is 2.33. The number of amides is 1. The minimum Gasteiger partial charge on any atom is -0.351 e. The number of nitrogens with zero attached hydrogens (tertiary/aromatic N) is 2. The molecule has 0 aliphatic heterocycles. The van der Waals surface area contributed by atoms with Crippen LogP contribution in [0.2, 0.25) is 0 Å². The van der Waals surface area contributed by atoms with E-state index < -0.39 is 6.04 Å². The van der Waals surface area contributed by atoms with Crippen molar-refractivity contribution in [3.8, 4) is 0 Å². The first kappa shape index (κ1) is 19.4. The van der Waals surface area contributed by atoms with E-state index in [-0.39, 0.29) is 11.9 Å². The van der Waals surface area contributed by atoms with Gasteiger partial charge in [0.25, 0.3) is 0 Å².